The van der Waals surface area contributed by atoms with Gasteiger partial charge in [-0.2, -0.15) is 185 Å². The number of aromatic nitrogens is 10. The number of allylic oxidation sites excluding steroid dienone is 36. The first kappa shape index (κ1) is 132. The number of benzene rings is 2. The SMILES string of the molecule is CC(=O)C=C(C)O.CN=Cc1ccccc1O.FC(F)(F)c1ccc(C2=[C-]C=CC=CC2)nc1.FC(F)(F)c1ccc(C2=[C-]C=CC=CC2)nc1.FC(F)(F)c1ccc(C2=[C-]C=CC=CC2)nc1.O=C(O)c1ccccn1.[C-]1=C(c2ccccn2)CC=C1.[C-]1=C(c2ccccn2)CC=CC=C1.[C-]1=C(c2ccccn2)CC=CC=C1.[Cl-].[Ir].[Ir].[Ir].[Ir].[Ir].[Ir].[c-]1ccccc1.c1ccc(-c2ccccn2)nc1.c1ccncc1. The van der Waals surface area contributed by atoms with Crippen molar-refractivity contribution >= 4 is 51.4 Å². The fourth-order valence-electron chi connectivity index (χ4n) is 11.2. The number of aliphatic hydroxyl groups is 1. The van der Waals surface area contributed by atoms with Crippen LogP contribution < -0.4 is 12.4 Å². The second-order valence-corrected chi connectivity index (χ2v) is 28.1. The Morgan fingerprint density at radius 1 is 0.324 bits per heavy atom. The van der Waals surface area contributed by atoms with Crippen LogP contribution >= 0.6 is 0 Å². The van der Waals surface area contributed by atoms with Crippen molar-refractivity contribution in [2.75, 3.05) is 7.05 Å². The van der Waals surface area contributed by atoms with Crippen LogP contribution in [0.4, 0.5) is 39.5 Å². The second kappa shape index (κ2) is 77.7. The number of phenolic OH excluding ortho intramolecular Hbond substituents is 1. The molecule has 10 aromatic heterocycles. The topological polar surface area (TPSA) is 236 Å². The summed E-state index contributed by atoms with van der Waals surface area (Å²) in [5.74, 6) is -0.781. The molecule has 2 aromatic carbocycles. The van der Waals surface area contributed by atoms with Crippen LogP contribution in [0.15, 0.2) is 437 Å². The van der Waals surface area contributed by atoms with E-state index in [0.29, 0.717) is 36.3 Å². The summed E-state index contributed by atoms with van der Waals surface area (Å²) in [4.78, 5) is 63.9. The number of carboxylic acid groups (broad SMARTS) is 1. The molecule has 32 heteroatoms. The monoisotopic (exact) mass is 3050 g/mol. The van der Waals surface area contributed by atoms with E-state index in [1.807, 2.05) is 267 Å². The van der Waals surface area contributed by atoms with E-state index in [9.17, 15) is 49.1 Å². The summed E-state index contributed by atoms with van der Waals surface area (Å²) in [6.45, 7) is 2.85. The summed E-state index contributed by atoms with van der Waals surface area (Å²) in [7, 11) is 1.67. The van der Waals surface area contributed by atoms with Crippen molar-refractivity contribution in [1.29, 1.82) is 0 Å². The predicted molar refractivity (Wildman–Crippen MR) is 525 cm³/mol. The zero-order valence-electron chi connectivity index (χ0n) is 77.6. The molecule has 18 rings (SSSR count). The fraction of sp³-hybridized carbons (Fsp3) is 0.106. The number of carboxylic acids is 1. The van der Waals surface area contributed by atoms with E-state index in [-0.39, 0.29) is 156 Å². The van der Waals surface area contributed by atoms with Crippen molar-refractivity contribution in [1.82, 2.24) is 49.8 Å². The molecule has 12 aromatic rings. The molecule has 0 saturated heterocycles. The molecule has 0 amide bonds. The molecule has 6 aliphatic rings. The molecule has 6 aliphatic carbocycles. The van der Waals surface area contributed by atoms with Gasteiger partial charge >= 0.3 is 24.5 Å². The van der Waals surface area contributed by atoms with Gasteiger partial charge in [0.15, 0.2) is 5.78 Å². The molecule has 0 saturated carbocycles. The van der Waals surface area contributed by atoms with Crippen molar-refractivity contribution in [2.45, 2.75) is 70.9 Å². The Morgan fingerprint density at radius 2 is 0.607 bits per heavy atom. The quantitative estimate of drug-likeness (QED) is 0.0380. The third kappa shape index (κ3) is 56.3. The summed E-state index contributed by atoms with van der Waals surface area (Å²) in [6.07, 6.45) is 71.4. The van der Waals surface area contributed by atoms with Crippen molar-refractivity contribution < 1.29 is 197 Å². The van der Waals surface area contributed by atoms with Gasteiger partial charge in [-0.15, -0.1) is 63.8 Å². The van der Waals surface area contributed by atoms with Crippen molar-refractivity contribution in [3.8, 4) is 17.1 Å². The average molecular weight is 3050 g/mol. The van der Waals surface area contributed by atoms with E-state index in [4.69, 9.17) is 15.3 Å². The van der Waals surface area contributed by atoms with Gasteiger partial charge in [-0.1, -0.05) is 146 Å². The maximum Gasteiger partial charge on any atom is 0.417 e. The van der Waals surface area contributed by atoms with Gasteiger partial charge in [-0.05, 0) is 159 Å². The maximum atomic E-state index is 12.3. The van der Waals surface area contributed by atoms with E-state index in [0.717, 1.165) is 118 Å². The van der Waals surface area contributed by atoms with Gasteiger partial charge in [0.2, 0.25) is 0 Å². The minimum atomic E-state index is -4.34. The normalized spacial score (nSPS) is 12.6. The van der Waals surface area contributed by atoms with E-state index >= 15 is 0 Å². The van der Waals surface area contributed by atoms with Gasteiger partial charge < -0.3 is 57.6 Å². The number of carbonyl (C=O) groups is 2. The smallest absolute Gasteiger partial charge is 0.417 e. The third-order valence-corrected chi connectivity index (χ3v) is 17.7. The molecule has 10 heterocycles. The van der Waals surface area contributed by atoms with E-state index in [1.54, 1.807) is 80.5 Å². The summed E-state index contributed by atoms with van der Waals surface area (Å²) in [5, 5.41) is 25.8. The van der Waals surface area contributed by atoms with Gasteiger partial charge in [0.05, 0.1) is 33.8 Å². The molecule has 0 bridgehead atoms. The Kier molecular flexibility index (Phi) is 70.9. The summed E-state index contributed by atoms with van der Waals surface area (Å²) < 4.78 is 111. The first-order valence-electron chi connectivity index (χ1n) is 42.5. The first-order chi connectivity index (χ1) is 66.9. The zero-order valence-corrected chi connectivity index (χ0v) is 92.7. The Balaban J connectivity index is 0.00000157. The molecule has 764 valence electrons. The van der Waals surface area contributed by atoms with Crippen LogP contribution in [0.3, 0.4) is 0 Å². The molecule has 0 unspecified atom stereocenters. The number of pyridine rings is 10. The van der Waals surface area contributed by atoms with Crippen LogP contribution in [0.5, 0.6) is 5.75 Å². The van der Waals surface area contributed by atoms with Crippen LogP contribution in [0.2, 0.25) is 0 Å². The van der Waals surface area contributed by atoms with E-state index < -0.39 is 41.2 Å². The summed E-state index contributed by atoms with van der Waals surface area (Å²) in [6, 6.07) is 66.7. The summed E-state index contributed by atoms with van der Waals surface area (Å²) in [5.41, 5.74) is 10.9. The van der Waals surface area contributed by atoms with Gasteiger partial charge in [0.1, 0.15) is 11.4 Å². The van der Waals surface area contributed by atoms with Crippen molar-refractivity contribution in [2.24, 2.45) is 4.99 Å². The van der Waals surface area contributed by atoms with E-state index in [2.05, 4.69) is 116 Å². The molecule has 6 radical (unpaired) electrons. The van der Waals surface area contributed by atoms with Gasteiger partial charge in [0.25, 0.3) is 0 Å². The Morgan fingerprint density at radius 3 is 0.807 bits per heavy atom. The average Bonchev–Trinajstić information content (AvgIpc) is 1.70. The van der Waals surface area contributed by atoms with Gasteiger partial charge in [-0.25, -0.2) is 9.78 Å². The number of alkyl halides is 9. The molecule has 16 nitrogen and oxygen atoms in total. The Bertz CT molecular complexity index is 5860. The van der Waals surface area contributed by atoms with Crippen molar-refractivity contribution in [3.63, 3.8) is 0 Å². The number of para-hydroxylation sites is 1. The number of phenols is 1. The van der Waals surface area contributed by atoms with Gasteiger partial charge in [-0.3, -0.25) is 24.7 Å². The van der Waals surface area contributed by atoms with Gasteiger partial charge in [0, 0.05) is 214 Å². The molecular formula is C113H95ClF9Ir6N11O5-8. The number of carbonyl (C=O) groups excluding carboxylic acids is 1. The number of aromatic carboxylic acids is 1. The number of nitrogens with zero attached hydrogens (tertiary/aromatic N) is 11. The number of aliphatic hydroxyl groups excluding tert-OH is 1. The van der Waals surface area contributed by atoms with E-state index in [1.165, 1.54) is 56.0 Å². The fourth-order valence-corrected chi connectivity index (χ4v) is 11.2. The molecule has 145 heavy (non-hydrogen) atoms. The van der Waals surface area contributed by atoms with Crippen molar-refractivity contribution in [3.05, 3.63) is 537 Å². The third-order valence-electron chi connectivity index (χ3n) is 17.7. The molecule has 0 aliphatic heterocycles. The number of ketones is 1. The van der Waals surface area contributed by atoms with Crippen LogP contribution in [0, 0.1) is 42.5 Å². The first-order valence-corrected chi connectivity index (χ1v) is 42.5. The molecule has 0 atom stereocenters. The molecule has 3 N–H and O–H groups in total. The zero-order chi connectivity index (χ0) is 99.0. The number of aliphatic imine (C=N–C) groups is 1. The van der Waals surface area contributed by atoms with Crippen LogP contribution in [-0.4, -0.2) is 90.2 Å². The molecule has 0 fully saturated rings. The number of halogens is 10. The second-order valence-electron chi connectivity index (χ2n) is 28.1. The number of aromatic hydroxyl groups is 1. The molecule has 0 spiro atoms. The minimum absolute atomic E-state index is 0. The summed E-state index contributed by atoms with van der Waals surface area (Å²) >= 11 is 0. The Labute approximate surface area is 927 Å². The number of rotatable bonds is 10. The van der Waals surface area contributed by atoms with Crippen LogP contribution in [-0.2, 0) is 144 Å². The number of hydrogen-bond acceptors (Lipinski definition) is 15. The molecular weight excluding hydrogens is 2950 g/mol. The number of hydrogen-bond donors (Lipinski definition) is 3. The van der Waals surface area contributed by atoms with Crippen LogP contribution in [0.25, 0.3) is 44.8 Å². The standard InChI is InChI=1S/3C13H9F3N.2C12H10N.C10H8N2.C10H8N.C8H9NO.C6H5NO2.C6H5.C5H5N.C5H8O2.ClH.6Ir/c3*14-13(15,16)11-7-8-12(17-9-11)10-5-3-1-2-4-6-10;2*1-2-4-8-11(7-3-1)12-9-5-6-10-13-12;1-3-7-11-9(5-1)10-6-2-4-8-12-10;1-2-6-9(5-1)10-7-3-4-8-11-10;1-9-6-7-4-2-3-5-8(7)10;8-6(9)5-3-1-2-4-7-5;2*1-2-4-6-5-3-1;1-4(6)3-5(2)7;;;;;;;/h3*1-4,7-9H,5H2;2*1-6,9-10H,7H2;1-8H;1-4,7-8H,5H2;2-6,10H,1H3;1-4H,(H,8,9);2*1-5H;3,6H,1-2H3;1H;;;;;;/q5*-1;;-1;;;-1;;;;;;;;;/p-1. The largest absolute Gasteiger partial charge is 1.00 e. The maximum absolute atomic E-state index is 12.3. The predicted octanol–water partition coefficient (Wildman–Crippen LogP) is 24.2. The Hall–Kier alpha value is -12.8. The minimum Gasteiger partial charge on any atom is -1.00 e. The van der Waals surface area contributed by atoms with Crippen LogP contribution in [0.1, 0.15) is 119 Å².